The largest absolute Gasteiger partial charge is 0.444 e. The summed E-state index contributed by atoms with van der Waals surface area (Å²) in [6.45, 7) is 10.8. The second-order valence-corrected chi connectivity index (χ2v) is 8.13. The predicted octanol–water partition coefficient (Wildman–Crippen LogP) is 3.05. The number of nitrogens with zero attached hydrogens (tertiary/aromatic N) is 4. The minimum absolute atomic E-state index is 0. The van der Waals surface area contributed by atoms with Gasteiger partial charge >= 0.3 is 6.09 Å². The highest BCUT2D eigenvalue weighted by Gasteiger charge is 2.26. The third-order valence-electron chi connectivity index (χ3n) is 4.51. The first-order valence-electron chi connectivity index (χ1n) is 9.36. The summed E-state index contributed by atoms with van der Waals surface area (Å²) >= 11 is 0. The van der Waals surface area contributed by atoms with E-state index >= 15 is 0 Å². The van der Waals surface area contributed by atoms with Crippen molar-refractivity contribution in [2.45, 2.75) is 39.8 Å². The van der Waals surface area contributed by atoms with Gasteiger partial charge in [0.1, 0.15) is 5.60 Å². The van der Waals surface area contributed by atoms with Crippen LogP contribution in [0.4, 0.5) is 10.5 Å². The second-order valence-electron chi connectivity index (χ2n) is 8.13. The molecule has 1 heterocycles. The molecule has 0 radical (unpaired) electrons. The molecule has 28 heavy (non-hydrogen) atoms. The molecule has 2 N–H and O–H groups in total. The minimum atomic E-state index is -0.477. The Labute approximate surface area is 185 Å². The molecule has 1 amide bonds. The Balaban J connectivity index is 0.00000392. The Hall–Kier alpha value is -1.71. The average molecular weight is 503 g/mol. The standard InChI is InChI=1S/C20H33N5O2.HI/c1-15-13-17(23(5)6)8-7-16(15)14-22-18(21)24-9-11-25(12-10-24)19(26)27-20(2,3)4;/h7-8,13H,9-12,14H2,1-6H3,(H2,21,22);1H. The van der Waals surface area contributed by atoms with Gasteiger partial charge < -0.3 is 25.2 Å². The number of aryl methyl sites for hydroxylation is 1. The molecule has 1 aromatic carbocycles. The highest BCUT2D eigenvalue weighted by molar-refractivity contribution is 14.0. The van der Waals surface area contributed by atoms with Crippen LogP contribution in [-0.2, 0) is 11.3 Å². The molecule has 1 saturated heterocycles. The van der Waals surface area contributed by atoms with Crippen molar-refractivity contribution >= 4 is 41.7 Å². The van der Waals surface area contributed by atoms with Gasteiger partial charge in [0.2, 0.25) is 0 Å². The molecule has 8 heteroatoms. The molecule has 0 aliphatic carbocycles. The summed E-state index contributed by atoms with van der Waals surface area (Å²) in [6, 6.07) is 6.34. The van der Waals surface area contributed by atoms with Gasteiger partial charge in [-0.3, -0.25) is 0 Å². The molecule has 0 bridgehead atoms. The van der Waals surface area contributed by atoms with Gasteiger partial charge in [-0.05, 0) is 51.0 Å². The number of rotatable bonds is 3. The third-order valence-corrected chi connectivity index (χ3v) is 4.51. The summed E-state index contributed by atoms with van der Waals surface area (Å²) in [4.78, 5) is 22.5. The number of ether oxygens (including phenoxy) is 1. The number of hydrogen-bond donors (Lipinski definition) is 1. The minimum Gasteiger partial charge on any atom is -0.444 e. The predicted molar refractivity (Wildman–Crippen MR) is 126 cm³/mol. The van der Waals surface area contributed by atoms with Gasteiger partial charge in [0, 0.05) is 46.0 Å². The summed E-state index contributed by atoms with van der Waals surface area (Å²) in [5.74, 6) is 0.523. The maximum atomic E-state index is 12.1. The van der Waals surface area contributed by atoms with Gasteiger partial charge in [-0.15, -0.1) is 24.0 Å². The number of aliphatic imine (C=N–C) groups is 1. The summed E-state index contributed by atoms with van der Waals surface area (Å²) in [5, 5.41) is 0. The Morgan fingerprint density at radius 3 is 2.25 bits per heavy atom. The van der Waals surface area contributed by atoms with Crippen LogP contribution < -0.4 is 10.6 Å². The summed E-state index contributed by atoms with van der Waals surface area (Å²) in [6.07, 6.45) is -0.269. The van der Waals surface area contributed by atoms with Gasteiger partial charge in [0.25, 0.3) is 0 Å². The molecule has 2 rings (SSSR count). The number of guanidine groups is 1. The summed E-state index contributed by atoms with van der Waals surface area (Å²) in [7, 11) is 4.06. The van der Waals surface area contributed by atoms with E-state index < -0.39 is 5.60 Å². The van der Waals surface area contributed by atoms with Crippen molar-refractivity contribution in [3.63, 3.8) is 0 Å². The van der Waals surface area contributed by atoms with E-state index in [-0.39, 0.29) is 30.1 Å². The molecule has 0 atom stereocenters. The van der Waals surface area contributed by atoms with E-state index in [1.54, 1.807) is 4.90 Å². The van der Waals surface area contributed by atoms with Crippen LogP contribution in [0.2, 0.25) is 0 Å². The maximum Gasteiger partial charge on any atom is 0.410 e. The van der Waals surface area contributed by atoms with Gasteiger partial charge in [-0.25, -0.2) is 9.79 Å². The van der Waals surface area contributed by atoms with Crippen LogP contribution in [0.1, 0.15) is 31.9 Å². The maximum absolute atomic E-state index is 12.1. The third kappa shape index (κ3) is 7.03. The Bertz CT molecular complexity index is 692. The highest BCUT2D eigenvalue weighted by atomic mass is 127. The molecular weight excluding hydrogens is 469 g/mol. The summed E-state index contributed by atoms with van der Waals surface area (Å²) in [5.41, 5.74) is 9.24. The normalized spacial score (nSPS) is 15.1. The zero-order valence-electron chi connectivity index (χ0n) is 17.9. The Morgan fingerprint density at radius 1 is 1.18 bits per heavy atom. The lowest BCUT2D eigenvalue weighted by Gasteiger charge is -2.36. The van der Waals surface area contributed by atoms with Crippen molar-refractivity contribution in [3.8, 4) is 0 Å². The van der Waals surface area contributed by atoms with Crippen LogP contribution in [-0.4, -0.2) is 67.7 Å². The fraction of sp³-hybridized carbons (Fsp3) is 0.600. The van der Waals surface area contributed by atoms with E-state index in [0.717, 1.165) is 5.56 Å². The zero-order chi connectivity index (χ0) is 20.2. The van der Waals surface area contributed by atoms with E-state index in [1.807, 2.05) is 39.8 Å². The molecule has 0 aromatic heterocycles. The quantitative estimate of drug-likeness (QED) is 0.390. The SMILES string of the molecule is Cc1cc(N(C)C)ccc1CN=C(N)N1CCN(C(=O)OC(C)(C)C)CC1.I. The number of benzene rings is 1. The molecule has 1 aromatic rings. The van der Waals surface area contributed by atoms with Crippen LogP contribution in [0.3, 0.4) is 0 Å². The van der Waals surface area contributed by atoms with Crippen LogP contribution in [0.5, 0.6) is 0 Å². The molecule has 158 valence electrons. The molecular formula is C20H34IN5O2. The second kappa shape index (κ2) is 10.2. The zero-order valence-corrected chi connectivity index (χ0v) is 20.2. The topological polar surface area (TPSA) is 74.4 Å². The van der Waals surface area contributed by atoms with Crippen molar-refractivity contribution in [1.29, 1.82) is 0 Å². The molecule has 0 unspecified atom stereocenters. The fourth-order valence-electron chi connectivity index (χ4n) is 2.85. The molecule has 1 aliphatic heterocycles. The Kier molecular flexibility index (Phi) is 8.84. The number of carbonyl (C=O) groups is 1. The van der Waals surface area contributed by atoms with E-state index in [4.69, 9.17) is 10.5 Å². The van der Waals surface area contributed by atoms with Gasteiger partial charge in [0.05, 0.1) is 6.54 Å². The van der Waals surface area contributed by atoms with E-state index in [2.05, 4.69) is 35.0 Å². The lowest BCUT2D eigenvalue weighted by atomic mass is 10.1. The molecule has 0 saturated carbocycles. The number of amides is 1. The monoisotopic (exact) mass is 503 g/mol. The molecule has 7 nitrogen and oxygen atoms in total. The average Bonchev–Trinajstić information content (AvgIpc) is 2.59. The Morgan fingerprint density at radius 2 is 1.75 bits per heavy atom. The molecule has 1 aliphatic rings. The first-order valence-corrected chi connectivity index (χ1v) is 9.36. The van der Waals surface area contributed by atoms with Crippen molar-refractivity contribution in [1.82, 2.24) is 9.80 Å². The van der Waals surface area contributed by atoms with Crippen molar-refractivity contribution in [2.24, 2.45) is 10.7 Å². The van der Waals surface area contributed by atoms with Crippen molar-refractivity contribution < 1.29 is 9.53 Å². The number of hydrogen-bond acceptors (Lipinski definition) is 4. The number of carbonyl (C=O) groups excluding carboxylic acids is 1. The lowest BCUT2D eigenvalue weighted by molar-refractivity contribution is 0.0186. The lowest BCUT2D eigenvalue weighted by Crippen LogP contribution is -2.53. The van der Waals surface area contributed by atoms with E-state index in [9.17, 15) is 4.79 Å². The molecule has 1 fully saturated rings. The summed E-state index contributed by atoms with van der Waals surface area (Å²) < 4.78 is 5.42. The van der Waals surface area contributed by atoms with Crippen LogP contribution in [0.15, 0.2) is 23.2 Å². The van der Waals surface area contributed by atoms with Gasteiger partial charge in [0.15, 0.2) is 5.96 Å². The number of halogens is 1. The highest BCUT2D eigenvalue weighted by Crippen LogP contribution is 2.18. The van der Waals surface area contributed by atoms with E-state index in [0.29, 0.717) is 38.7 Å². The van der Waals surface area contributed by atoms with Gasteiger partial charge in [-0.1, -0.05) is 6.07 Å². The van der Waals surface area contributed by atoms with Crippen LogP contribution >= 0.6 is 24.0 Å². The molecule has 0 spiro atoms. The smallest absolute Gasteiger partial charge is 0.410 e. The van der Waals surface area contributed by atoms with E-state index in [1.165, 1.54) is 11.3 Å². The fourth-order valence-corrected chi connectivity index (χ4v) is 2.85. The number of nitrogens with two attached hydrogens (primary N) is 1. The number of anilines is 1. The van der Waals surface area contributed by atoms with Crippen molar-refractivity contribution in [3.05, 3.63) is 29.3 Å². The van der Waals surface area contributed by atoms with Gasteiger partial charge in [-0.2, -0.15) is 0 Å². The van der Waals surface area contributed by atoms with Crippen molar-refractivity contribution in [2.75, 3.05) is 45.2 Å². The number of piperazine rings is 1. The van der Waals surface area contributed by atoms with Crippen LogP contribution in [0, 0.1) is 6.92 Å². The van der Waals surface area contributed by atoms with Crippen LogP contribution in [0.25, 0.3) is 0 Å². The first kappa shape index (κ1) is 24.3. The first-order chi connectivity index (χ1) is 12.6.